The van der Waals surface area contributed by atoms with Gasteiger partial charge in [0.2, 0.25) is 0 Å². The molecule has 7 heteroatoms. The number of likely N-dealkylation sites (tertiary alicyclic amines) is 1. The van der Waals surface area contributed by atoms with Gasteiger partial charge in [0.1, 0.15) is 19.0 Å². The van der Waals surface area contributed by atoms with Crippen molar-refractivity contribution in [2.24, 2.45) is 0 Å². The lowest BCUT2D eigenvalue weighted by atomic mass is 10.1. The summed E-state index contributed by atoms with van der Waals surface area (Å²) in [7, 11) is 0. The Hall–Kier alpha value is -2.41. The Morgan fingerprint density at radius 3 is 2.41 bits per heavy atom. The smallest absolute Gasteiger partial charge is 0.257 e. The second kappa shape index (κ2) is 8.99. The average molecular weight is 375 g/mol. The first-order chi connectivity index (χ1) is 13.0. The molecule has 2 aliphatic heterocycles. The number of ether oxygens (including phenoxy) is 2. The van der Waals surface area contributed by atoms with Gasteiger partial charge in [-0.2, -0.15) is 0 Å². The minimum atomic E-state index is -0.301. The minimum Gasteiger partial charge on any atom is -0.484 e. The molecular weight excluding hydrogens is 349 g/mol. The molecule has 0 amide bonds. The van der Waals surface area contributed by atoms with Gasteiger partial charge in [-0.25, -0.2) is 9.37 Å². The number of H-pyrrole nitrogens is 1. The molecule has 4 rings (SSSR count). The van der Waals surface area contributed by atoms with Crippen LogP contribution in [0.2, 0.25) is 0 Å². The van der Waals surface area contributed by atoms with Crippen LogP contribution in [0.4, 0.5) is 4.39 Å². The third kappa shape index (κ3) is 5.53. The second-order valence-electron chi connectivity index (χ2n) is 6.94. The summed E-state index contributed by atoms with van der Waals surface area (Å²) in [5.74, 6) is 0.542. The predicted octanol–water partition coefficient (Wildman–Crippen LogP) is 2.97. The first-order valence-electron chi connectivity index (χ1n) is 9.36. The molecule has 146 valence electrons. The maximum absolute atomic E-state index is 13.9. The van der Waals surface area contributed by atoms with Crippen molar-refractivity contribution < 1.29 is 13.9 Å². The SMILES string of the molecule is Cc1cc(=O)cc(C)[nH]1.Fc1cc2c(nc1CN1CCCCC1)OCCO2. The van der Waals surface area contributed by atoms with Crippen molar-refractivity contribution in [1.82, 2.24) is 14.9 Å². The summed E-state index contributed by atoms with van der Waals surface area (Å²) in [6.07, 6.45) is 3.64. The van der Waals surface area contributed by atoms with E-state index in [4.69, 9.17) is 9.47 Å². The fourth-order valence-electron chi connectivity index (χ4n) is 3.28. The molecule has 0 bridgehead atoms. The number of nitrogens with one attached hydrogen (secondary N) is 1. The number of hydrogen-bond donors (Lipinski definition) is 1. The third-order valence-electron chi connectivity index (χ3n) is 4.49. The number of hydrogen-bond acceptors (Lipinski definition) is 5. The van der Waals surface area contributed by atoms with E-state index >= 15 is 0 Å². The van der Waals surface area contributed by atoms with Crippen molar-refractivity contribution in [2.75, 3.05) is 26.3 Å². The van der Waals surface area contributed by atoms with Crippen LogP contribution in [-0.2, 0) is 6.54 Å². The number of aromatic nitrogens is 2. The Labute approximate surface area is 158 Å². The quantitative estimate of drug-likeness (QED) is 0.874. The van der Waals surface area contributed by atoms with Crippen LogP contribution in [0.1, 0.15) is 36.3 Å². The Morgan fingerprint density at radius 1 is 1.07 bits per heavy atom. The Bertz CT molecular complexity index is 808. The van der Waals surface area contributed by atoms with Gasteiger partial charge in [0.05, 0.1) is 5.69 Å². The highest BCUT2D eigenvalue weighted by atomic mass is 19.1. The molecule has 2 aromatic heterocycles. The maximum Gasteiger partial charge on any atom is 0.257 e. The fourth-order valence-corrected chi connectivity index (χ4v) is 3.28. The molecule has 1 saturated heterocycles. The lowest BCUT2D eigenvalue weighted by Crippen LogP contribution is -2.30. The Kier molecular flexibility index (Phi) is 6.45. The molecular formula is C20H26FN3O3. The van der Waals surface area contributed by atoms with Crippen LogP contribution in [0.5, 0.6) is 11.6 Å². The Balaban J connectivity index is 0.000000197. The lowest BCUT2D eigenvalue weighted by Gasteiger charge is -2.26. The van der Waals surface area contributed by atoms with Gasteiger partial charge in [0.25, 0.3) is 5.88 Å². The molecule has 1 N–H and O–H groups in total. The van der Waals surface area contributed by atoms with E-state index in [1.54, 1.807) is 12.1 Å². The molecule has 0 unspecified atom stereocenters. The van der Waals surface area contributed by atoms with Gasteiger partial charge in [0.15, 0.2) is 11.2 Å². The first-order valence-corrected chi connectivity index (χ1v) is 9.36. The molecule has 0 aromatic carbocycles. The summed E-state index contributed by atoms with van der Waals surface area (Å²) in [5, 5.41) is 0. The van der Waals surface area contributed by atoms with E-state index in [9.17, 15) is 9.18 Å². The number of fused-ring (bicyclic) bond motifs is 1. The van der Waals surface area contributed by atoms with Crippen LogP contribution in [0.15, 0.2) is 23.0 Å². The van der Waals surface area contributed by atoms with Crippen molar-refractivity contribution >= 4 is 0 Å². The number of rotatable bonds is 2. The van der Waals surface area contributed by atoms with Crippen molar-refractivity contribution in [3.8, 4) is 11.6 Å². The van der Waals surface area contributed by atoms with Gasteiger partial charge < -0.3 is 14.5 Å². The standard InChI is InChI=1S/C13H17FN2O2.C7H9NO/c14-10-8-12-13(18-7-6-17-12)15-11(10)9-16-4-2-1-3-5-16;1-5-3-7(9)4-6(2)8-5/h8H,1-7,9H2;3-4H,1-2H3,(H,8,9). The summed E-state index contributed by atoms with van der Waals surface area (Å²) in [4.78, 5) is 20.2. The molecule has 2 aliphatic rings. The lowest BCUT2D eigenvalue weighted by molar-refractivity contribution is 0.160. The molecule has 0 saturated carbocycles. The number of pyridine rings is 2. The van der Waals surface area contributed by atoms with Gasteiger partial charge >= 0.3 is 0 Å². The zero-order chi connectivity index (χ0) is 19.2. The number of aromatic amines is 1. The predicted molar refractivity (Wildman–Crippen MR) is 101 cm³/mol. The van der Waals surface area contributed by atoms with Gasteiger partial charge in [0, 0.05) is 36.1 Å². The fraction of sp³-hybridized carbons (Fsp3) is 0.500. The van der Waals surface area contributed by atoms with E-state index < -0.39 is 0 Å². The van der Waals surface area contributed by atoms with E-state index in [-0.39, 0.29) is 11.2 Å². The third-order valence-corrected chi connectivity index (χ3v) is 4.49. The number of nitrogens with zero attached hydrogens (tertiary/aromatic N) is 2. The Morgan fingerprint density at radius 2 is 1.74 bits per heavy atom. The molecule has 0 radical (unpaired) electrons. The van der Waals surface area contributed by atoms with Crippen molar-refractivity contribution in [3.05, 3.63) is 51.3 Å². The molecule has 0 aliphatic carbocycles. The highest BCUT2D eigenvalue weighted by Gasteiger charge is 2.20. The first kappa shape index (κ1) is 19.4. The molecule has 2 aromatic rings. The van der Waals surface area contributed by atoms with Crippen LogP contribution < -0.4 is 14.9 Å². The molecule has 27 heavy (non-hydrogen) atoms. The van der Waals surface area contributed by atoms with Crippen molar-refractivity contribution in [2.45, 2.75) is 39.7 Å². The average Bonchev–Trinajstić information content (AvgIpc) is 2.62. The van der Waals surface area contributed by atoms with Gasteiger partial charge in [-0.05, 0) is 39.8 Å². The van der Waals surface area contributed by atoms with Crippen LogP contribution in [-0.4, -0.2) is 41.2 Å². The van der Waals surface area contributed by atoms with Gasteiger partial charge in [-0.3, -0.25) is 9.69 Å². The van der Waals surface area contributed by atoms with E-state index in [1.807, 2.05) is 13.8 Å². The van der Waals surface area contributed by atoms with Crippen LogP contribution >= 0.6 is 0 Å². The maximum atomic E-state index is 13.9. The molecule has 0 atom stereocenters. The summed E-state index contributed by atoms with van der Waals surface area (Å²) in [6.45, 7) is 7.28. The molecule has 4 heterocycles. The van der Waals surface area contributed by atoms with Crippen molar-refractivity contribution in [3.63, 3.8) is 0 Å². The zero-order valence-electron chi connectivity index (χ0n) is 15.9. The molecule has 6 nitrogen and oxygen atoms in total. The minimum absolute atomic E-state index is 0.0729. The summed E-state index contributed by atoms with van der Waals surface area (Å²) < 4.78 is 24.6. The van der Waals surface area contributed by atoms with Crippen LogP contribution in [0.25, 0.3) is 0 Å². The highest BCUT2D eigenvalue weighted by molar-refractivity contribution is 5.36. The summed E-state index contributed by atoms with van der Waals surface area (Å²) >= 11 is 0. The topological polar surface area (TPSA) is 67.5 Å². The monoisotopic (exact) mass is 375 g/mol. The molecule has 0 spiro atoms. The van der Waals surface area contributed by atoms with Gasteiger partial charge in [-0.1, -0.05) is 6.42 Å². The van der Waals surface area contributed by atoms with E-state index in [1.165, 1.54) is 25.3 Å². The number of halogens is 1. The summed E-state index contributed by atoms with van der Waals surface area (Å²) in [6, 6.07) is 4.54. The van der Waals surface area contributed by atoms with E-state index in [2.05, 4.69) is 14.9 Å². The van der Waals surface area contributed by atoms with E-state index in [0.717, 1.165) is 24.5 Å². The molecule has 1 fully saturated rings. The highest BCUT2D eigenvalue weighted by Crippen LogP contribution is 2.30. The number of aryl methyl sites for hydroxylation is 2. The largest absolute Gasteiger partial charge is 0.484 e. The van der Waals surface area contributed by atoms with Crippen LogP contribution in [0, 0.1) is 19.7 Å². The second-order valence-corrected chi connectivity index (χ2v) is 6.94. The van der Waals surface area contributed by atoms with E-state index in [0.29, 0.717) is 37.1 Å². The van der Waals surface area contributed by atoms with Gasteiger partial charge in [-0.15, -0.1) is 0 Å². The zero-order valence-corrected chi connectivity index (χ0v) is 15.9. The number of piperidine rings is 1. The van der Waals surface area contributed by atoms with Crippen LogP contribution in [0.3, 0.4) is 0 Å². The summed E-state index contributed by atoms with van der Waals surface area (Å²) in [5.41, 5.74) is 2.37. The van der Waals surface area contributed by atoms with Crippen molar-refractivity contribution in [1.29, 1.82) is 0 Å². The normalized spacial score (nSPS) is 16.4.